The number of carbonyl (C=O) groups is 1. The zero-order valence-electron chi connectivity index (χ0n) is 26.6. The van der Waals surface area contributed by atoms with Crippen molar-refractivity contribution in [3.8, 4) is 45.8 Å². The van der Waals surface area contributed by atoms with Crippen molar-refractivity contribution in [2.75, 3.05) is 27.4 Å². The number of aliphatic hydroxyl groups excluding tert-OH is 6. The quantitative estimate of drug-likeness (QED) is 0.104. The Morgan fingerprint density at radius 3 is 1.90 bits per heavy atom. The van der Waals surface area contributed by atoms with Crippen LogP contribution in [0.1, 0.15) is 6.92 Å². The highest BCUT2D eigenvalue weighted by atomic mass is 16.7. The summed E-state index contributed by atoms with van der Waals surface area (Å²) in [6, 6.07) is 4.37. The van der Waals surface area contributed by atoms with Gasteiger partial charge in [0.25, 0.3) is 0 Å². The van der Waals surface area contributed by atoms with E-state index in [1.165, 1.54) is 26.4 Å². The van der Waals surface area contributed by atoms with Crippen molar-refractivity contribution in [3.63, 3.8) is 0 Å². The number of benzene rings is 2. The van der Waals surface area contributed by atoms with E-state index < -0.39 is 120 Å². The average Bonchev–Trinajstić information content (AvgIpc) is 3.07. The number of rotatable bonds is 10. The first-order valence-corrected chi connectivity index (χ1v) is 15.0. The molecule has 0 radical (unpaired) electrons. The number of methoxy groups -OCH3 is 2. The largest absolute Gasteiger partial charge is 0.508 e. The molecule has 19 nitrogen and oxygen atoms in total. The number of phenolic OH excluding ortho intramolecular Hbond substituents is 3. The van der Waals surface area contributed by atoms with Crippen molar-refractivity contribution in [1.29, 1.82) is 0 Å². The molecule has 50 heavy (non-hydrogen) atoms. The fourth-order valence-corrected chi connectivity index (χ4v) is 5.44. The third-order valence-corrected chi connectivity index (χ3v) is 8.11. The Bertz CT molecular complexity index is 1730. The number of esters is 1. The molecular weight excluding hydrogens is 676 g/mol. The lowest BCUT2D eigenvalue weighted by Crippen LogP contribution is -2.62. The smallest absolute Gasteiger partial charge is 0.302 e. The lowest BCUT2D eigenvalue weighted by atomic mass is 9.98. The maximum absolute atomic E-state index is 13.9. The summed E-state index contributed by atoms with van der Waals surface area (Å²) >= 11 is 0. The molecule has 0 aliphatic carbocycles. The molecule has 2 aliphatic rings. The normalized spacial score (nSPS) is 29.8. The van der Waals surface area contributed by atoms with Crippen LogP contribution in [0.4, 0.5) is 0 Å². The van der Waals surface area contributed by atoms with Crippen LogP contribution >= 0.6 is 0 Å². The van der Waals surface area contributed by atoms with Crippen LogP contribution in [0, 0.1) is 0 Å². The Hall–Kier alpha value is -4.44. The van der Waals surface area contributed by atoms with Gasteiger partial charge in [-0.3, -0.25) is 9.59 Å². The summed E-state index contributed by atoms with van der Waals surface area (Å²) in [4.78, 5) is 25.1. The lowest BCUT2D eigenvalue weighted by Gasteiger charge is -2.42. The molecule has 0 saturated carbocycles. The van der Waals surface area contributed by atoms with E-state index in [2.05, 4.69) is 0 Å². The first-order valence-electron chi connectivity index (χ1n) is 15.0. The highest BCUT2D eigenvalue weighted by molar-refractivity contribution is 5.88. The van der Waals surface area contributed by atoms with Gasteiger partial charge >= 0.3 is 5.97 Å². The molecule has 0 bridgehead atoms. The van der Waals surface area contributed by atoms with Crippen molar-refractivity contribution in [2.45, 2.75) is 68.3 Å². The first-order chi connectivity index (χ1) is 23.7. The molecular formula is C31H36O19. The van der Waals surface area contributed by atoms with E-state index in [4.69, 9.17) is 37.6 Å². The van der Waals surface area contributed by atoms with Gasteiger partial charge in [-0.2, -0.15) is 0 Å². The van der Waals surface area contributed by atoms with E-state index in [0.717, 1.165) is 19.1 Å². The number of phenols is 3. The molecule has 0 spiro atoms. The van der Waals surface area contributed by atoms with Gasteiger partial charge in [0.15, 0.2) is 23.5 Å². The van der Waals surface area contributed by atoms with Crippen LogP contribution in [-0.2, 0) is 23.7 Å². The molecule has 0 amide bonds. The predicted octanol–water partition coefficient (Wildman–Crippen LogP) is -1.83. The summed E-state index contributed by atoms with van der Waals surface area (Å²) in [5, 5.41) is 93.7. The van der Waals surface area contributed by atoms with Gasteiger partial charge in [-0.15, -0.1) is 0 Å². The Kier molecular flexibility index (Phi) is 10.9. The fourth-order valence-electron chi connectivity index (χ4n) is 5.44. The fraction of sp³-hybridized carbons (Fsp3) is 0.484. The molecule has 9 N–H and O–H groups in total. The predicted molar refractivity (Wildman–Crippen MR) is 163 cm³/mol. The van der Waals surface area contributed by atoms with Gasteiger partial charge in [-0.25, -0.2) is 0 Å². The number of fused-ring (bicyclic) bond motifs is 1. The third-order valence-electron chi connectivity index (χ3n) is 8.11. The number of aliphatic hydroxyl groups is 6. The van der Waals surface area contributed by atoms with E-state index in [1.807, 2.05) is 0 Å². The molecule has 2 fully saturated rings. The minimum absolute atomic E-state index is 0.00779. The Balaban J connectivity index is 1.48. The lowest BCUT2D eigenvalue weighted by molar-refractivity contribution is -0.323. The van der Waals surface area contributed by atoms with E-state index >= 15 is 0 Å². The van der Waals surface area contributed by atoms with Gasteiger partial charge in [-0.1, -0.05) is 0 Å². The molecule has 10 unspecified atom stereocenters. The van der Waals surface area contributed by atoms with Crippen molar-refractivity contribution in [2.24, 2.45) is 0 Å². The second-order valence-corrected chi connectivity index (χ2v) is 11.4. The van der Waals surface area contributed by atoms with Crippen LogP contribution < -0.4 is 19.6 Å². The molecule has 5 rings (SSSR count). The molecule has 274 valence electrons. The van der Waals surface area contributed by atoms with Crippen molar-refractivity contribution in [1.82, 2.24) is 0 Å². The minimum atomic E-state index is -2.02. The summed E-state index contributed by atoms with van der Waals surface area (Å²) in [6.07, 6.45) is -17.7. The summed E-state index contributed by atoms with van der Waals surface area (Å²) in [7, 11) is 2.48. The molecule has 19 heteroatoms. The SMILES string of the molecule is COc1cc(-c2oc3cc(O)cc(O)c3c(=O)c2OC2OC(COC3OC(COC(C)=O)C(O)C(O)C3O)C(O)C(O)C2O)cc(OC)c1O. The second kappa shape index (κ2) is 14.8. The van der Waals surface area contributed by atoms with E-state index in [-0.39, 0.29) is 22.6 Å². The second-order valence-electron chi connectivity index (χ2n) is 11.4. The highest BCUT2D eigenvalue weighted by Gasteiger charge is 2.48. The average molecular weight is 713 g/mol. The van der Waals surface area contributed by atoms with E-state index in [9.17, 15) is 55.5 Å². The number of hydrogen-bond donors (Lipinski definition) is 9. The first kappa shape index (κ1) is 36.8. The molecule has 3 heterocycles. The van der Waals surface area contributed by atoms with Gasteiger partial charge in [-0.05, 0) is 12.1 Å². The maximum atomic E-state index is 13.9. The topological polar surface area (TPSA) is 294 Å². The van der Waals surface area contributed by atoms with Crippen molar-refractivity contribution >= 4 is 16.9 Å². The summed E-state index contributed by atoms with van der Waals surface area (Å²) < 4.78 is 43.5. The molecule has 3 aromatic rings. The minimum Gasteiger partial charge on any atom is -0.508 e. The number of ether oxygens (including phenoxy) is 7. The zero-order chi connectivity index (χ0) is 36.6. The summed E-state index contributed by atoms with van der Waals surface area (Å²) in [5.41, 5.74) is -1.36. The van der Waals surface area contributed by atoms with Gasteiger partial charge < -0.3 is 83.5 Å². The zero-order valence-corrected chi connectivity index (χ0v) is 26.6. The Morgan fingerprint density at radius 1 is 0.760 bits per heavy atom. The molecule has 2 aromatic carbocycles. The summed E-state index contributed by atoms with van der Waals surface area (Å²) in [5.74, 6) is -3.66. The Labute approximate surface area is 281 Å². The molecule has 1 aromatic heterocycles. The van der Waals surface area contributed by atoms with Crippen LogP contribution in [0.2, 0.25) is 0 Å². The Morgan fingerprint density at radius 2 is 1.32 bits per heavy atom. The van der Waals surface area contributed by atoms with Gasteiger partial charge in [0.2, 0.25) is 23.2 Å². The van der Waals surface area contributed by atoms with E-state index in [0.29, 0.717) is 0 Å². The monoisotopic (exact) mass is 712 g/mol. The van der Waals surface area contributed by atoms with Crippen LogP contribution in [0.25, 0.3) is 22.3 Å². The third kappa shape index (κ3) is 7.08. The van der Waals surface area contributed by atoms with Crippen LogP contribution in [-0.4, -0.2) is 141 Å². The van der Waals surface area contributed by atoms with Crippen LogP contribution in [0.5, 0.6) is 34.5 Å². The van der Waals surface area contributed by atoms with Gasteiger partial charge in [0.05, 0.1) is 20.8 Å². The maximum Gasteiger partial charge on any atom is 0.302 e. The molecule has 2 aliphatic heterocycles. The van der Waals surface area contributed by atoms with Crippen LogP contribution in [0.15, 0.2) is 33.5 Å². The standard InChI is InChI=1S/C31H36O19/c1-10(32)45-8-17-21(36)24(39)26(41)30(48-17)46-9-18-22(37)25(40)27(42)31(49-18)50-29-23(38)19-13(34)6-12(33)7-14(19)47-28(29)11-4-15(43-2)20(35)16(5-11)44-3/h4-7,17-18,21-22,24-27,30-31,33-37,39-42H,8-9H2,1-3H3. The highest BCUT2D eigenvalue weighted by Crippen LogP contribution is 2.44. The summed E-state index contributed by atoms with van der Waals surface area (Å²) in [6.45, 7) is -0.111. The number of aromatic hydroxyl groups is 3. The number of carbonyl (C=O) groups excluding carboxylic acids is 1. The van der Waals surface area contributed by atoms with Gasteiger partial charge in [0, 0.05) is 24.6 Å². The van der Waals surface area contributed by atoms with Gasteiger partial charge in [0.1, 0.15) is 77.9 Å². The van der Waals surface area contributed by atoms with E-state index in [1.54, 1.807) is 0 Å². The number of hydrogen-bond acceptors (Lipinski definition) is 19. The van der Waals surface area contributed by atoms with Crippen molar-refractivity contribution < 1.29 is 88.3 Å². The van der Waals surface area contributed by atoms with Crippen LogP contribution in [0.3, 0.4) is 0 Å². The molecule has 10 atom stereocenters. The van der Waals surface area contributed by atoms with Crippen molar-refractivity contribution in [3.05, 3.63) is 34.5 Å². The molecule has 2 saturated heterocycles.